The van der Waals surface area contributed by atoms with E-state index in [1.807, 2.05) is 26.8 Å². The number of hydrogen-bond acceptors (Lipinski definition) is 4. The number of esters is 1. The normalized spacial score (nSPS) is 23.6. The van der Waals surface area contributed by atoms with Gasteiger partial charge in [-0.1, -0.05) is 63.6 Å². The minimum atomic E-state index is -0.526. The number of ether oxygens (including phenoxy) is 2. The summed E-state index contributed by atoms with van der Waals surface area (Å²) < 4.78 is 12.1. The average molecular weight is 436 g/mol. The molecule has 4 nitrogen and oxygen atoms in total. The van der Waals surface area contributed by atoms with Crippen molar-refractivity contribution in [3.63, 3.8) is 0 Å². The third-order valence-corrected chi connectivity index (χ3v) is 6.10. The highest BCUT2D eigenvalue weighted by Gasteiger charge is 2.41. The van der Waals surface area contributed by atoms with E-state index in [4.69, 9.17) is 14.5 Å². The largest absolute Gasteiger partial charge is 0.457 e. The van der Waals surface area contributed by atoms with Crippen molar-refractivity contribution in [2.45, 2.75) is 78.6 Å². The minimum Gasteiger partial charge on any atom is -0.457 e. The number of rotatable bonds is 7. The molecule has 0 saturated carbocycles. The number of carbonyl (C=O) groups is 1. The maximum Gasteiger partial charge on any atom is 0.331 e. The van der Waals surface area contributed by atoms with Crippen LogP contribution in [-0.4, -0.2) is 16.6 Å². The van der Waals surface area contributed by atoms with E-state index >= 15 is 0 Å². The molecule has 4 atom stereocenters. The van der Waals surface area contributed by atoms with Gasteiger partial charge in [-0.2, -0.15) is 0 Å². The van der Waals surface area contributed by atoms with Crippen molar-refractivity contribution in [2.24, 2.45) is 11.8 Å². The predicted molar refractivity (Wildman–Crippen MR) is 129 cm³/mol. The predicted octanol–water partition coefficient (Wildman–Crippen LogP) is 6.86. The Morgan fingerprint density at radius 3 is 2.41 bits per heavy atom. The number of carbonyl (C=O) groups excluding carboxylic acids is 1. The lowest BCUT2D eigenvalue weighted by Gasteiger charge is -2.20. The van der Waals surface area contributed by atoms with Crippen molar-refractivity contribution in [2.75, 3.05) is 0 Å². The Labute approximate surface area is 193 Å². The minimum absolute atomic E-state index is 0.0404. The van der Waals surface area contributed by atoms with Gasteiger partial charge in [0.2, 0.25) is 0 Å². The molecule has 4 heteroatoms. The van der Waals surface area contributed by atoms with Gasteiger partial charge in [0, 0.05) is 17.3 Å². The number of aryl methyl sites for hydroxylation is 1. The first kappa shape index (κ1) is 24.2. The number of hydrogen-bond donors (Lipinski definition) is 0. The summed E-state index contributed by atoms with van der Waals surface area (Å²) in [5.41, 5.74) is 3.54. The van der Waals surface area contributed by atoms with E-state index in [1.165, 1.54) is 11.6 Å². The summed E-state index contributed by atoms with van der Waals surface area (Å²) in [4.78, 5) is 17.2. The molecular formula is C28H37NO3. The van der Waals surface area contributed by atoms with Crippen LogP contribution in [0.2, 0.25) is 0 Å². The molecule has 0 radical (unpaired) electrons. The lowest BCUT2D eigenvalue weighted by Crippen LogP contribution is -2.22. The summed E-state index contributed by atoms with van der Waals surface area (Å²) in [6.45, 7) is 12.3. The van der Waals surface area contributed by atoms with Gasteiger partial charge in [-0.3, -0.25) is 4.98 Å². The van der Waals surface area contributed by atoms with Gasteiger partial charge in [0.15, 0.2) is 0 Å². The lowest BCUT2D eigenvalue weighted by molar-refractivity contribution is -0.148. The number of aromatic nitrogens is 1. The Kier molecular flexibility index (Phi) is 7.89. The molecule has 1 aliphatic heterocycles. The quantitative estimate of drug-likeness (QED) is 0.352. The van der Waals surface area contributed by atoms with Crippen LogP contribution >= 0.6 is 0 Å². The van der Waals surface area contributed by atoms with Crippen LogP contribution in [0.3, 0.4) is 0 Å². The average Bonchev–Trinajstić information content (AvgIpc) is 3.05. The molecule has 1 aromatic heterocycles. The van der Waals surface area contributed by atoms with Crippen LogP contribution in [0, 0.1) is 11.8 Å². The van der Waals surface area contributed by atoms with Gasteiger partial charge in [0.1, 0.15) is 5.60 Å². The molecule has 1 aliphatic rings. The zero-order chi connectivity index (χ0) is 23.3. The van der Waals surface area contributed by atoms with Crippen molar-refractivity contribution in [1.82, 2.24) is 4.98 Å². The van der Waals surface area contributed by atoms with Crippen LogP contribution in [0.5, 0.6) is 0 Å². The van der Waals surface area contributed by atoms with E-state index in [2.05, 4.69) is 57.2 Å². The fraction of sp³-hybridized carbons (Fsp3) is 0.500. The number of pyridine rings is 1. The Bertz CT molecular complexity index is 929. The molecule has 0 aliphatic carbocycles. The second-order valence-corrected chi connectivity index (χ2v) is 9.85. The summed E-state index contributed by atoms with van der Waals surface area (Å²) in [5.74, 6) is 0.321. The summed E-state index contributed by atoms with van der Waals surface area (Å²) in [5, 5.41) is 0. The van der Waals surface area contributed by atoms with Crippen molar-refractivity contribution >= 4 is 12.0 Å². The first-order valence-corrected chi connectivity index (χ1v) is 11.8. The van der Waals surface area contributed by atoms with Crippen molar-refractivity contribution in [3.05, 3.63) is 71.1 Å². The van der Waals surface area contributed by atoms with Crippen molar-refractivity contribution < 1.29 is 14.3 Å². The van der Waals surface area contributed by atoms with E-state index in [0.29, 0.717) is 11.8 Å². The fourth-order valence-electron chi connectivity index (χ4n) is 4.22. The number of nitrogens with zero attached hydrogens (tertiary/aromatic N) is 1. The van der Waals surface area contributed by atoms with Crippen LogP contribution in [0.1, 0.15) is 89.1 Å². The van der Waals surface area contributed by atoms with Crippen molar-refractivity contribution in [3.8, 4) is 0 Å². The van der Waals surface area contributed by atoms with Crippen LogP contribution in [0.4, 0.5) is 0 Å². The Morgan fingerprint density at radius 2 is 1.75 bits per heavy atom. The van der Waals surface area contributed by atoms with Gasteiger partial charge in [-0.15, -0.1) is 0 Å². The molecule has 3 rings (SSSR count). The maximum absolute atomic E-state index is 12.3. The van der Waals surface area contributed by atoms with Gasteiger partial charge in [0.05, 0.1) is 17.9 Å². The molecule has 1 fully saturated rings. The Balaban J connectivity index is 1.91. The molecule has 1 aromatic carbocycles. The topological polar surface area (TPSA) is 48.4 Å². The molecule has 32 heavy (non-hydrogen) atoms. The van der Waals surface area contributed by atoms with Crippen LogP contribution in [-0.2, 0) is 20.7 Å². The molecule has 0 bridgehead atoms. The van der Waals surface area contributed by atoms with E-state index in [0.717, 1.165) is 36.2 Å². The van der Waals surface area contributed by atoms with Gasteiger partial charge in [-0.25, -0.2) is 4.79 Å². The van der Waals surface area contributed by atoms with Gasteiger partial charge in [-0.05, 0) is 63.2 Å². The molecule has 0 N–H and O–H groups in total. The molecule has 172 valence electrons. The van der Waals surface area contributed by atoms with Gasteiger partial charge < -0.3 is 9.47 Å². The summed E-state index contributed by atoms with van der Waals surface area (Å²) >= 11 is 0. The van der Waals surface area contributed by atoms with E-state index < -0.39 is 5.60 Å². The SMILES string of the molecule is CCCCc1ccc(C2OC(c3ccccc3)C(C)C2C)c(/C=C/C(=O)OC(C)(C)C)n1. The highest BCUT2D eigenvalue weighted by atomic mass is 16.6. The van der Waals surface area contributed by atoms with Gasteiger partial charge >= 0.3 is 5.97 Å². The summed E-state index contributed by atoms with van der Waals surface area (Å²) in [6.07, 6.45) is 6.36. The number of unbranched alkanes of at least 4 members (excludes halogenated alkanes) is 1. The Hall–Kier alpha value is -2.46. The fourth-order valence-corrected chi connectivity index (χ4v) is 4.22. The first-order chi connectivity index (χ1) is 15.2. The van der Waals surface area contributed by atoms with Crippen LogP contribution < -0.4 is 0 Å². The highest BCUT2D eigenvalue weighted by molar-refractivity contribution is 5.87. The molecule has 4 unspecified atom stereocenters. The second kappa shape index (κ2) is 10.4. The van der Waals surface area contributed by atoms with E-state index in [9.17, 15) is 4.79 Å². The molecular weight excluding hydrogens is 398 g/mol. The zero-order valence-electron chi connectivity index (χ0n) is 20.3. The standard InChI is InChI=1S/C28H37NO3/c1-7-8-14-22-15-16-23(24(29-22)17-18-25(30)32-28(4,5)6)27-20(3)19(2)26(31-27)21-12-10-9-11-13-21/h9-13,15-20,26-27H,7-8,14H2,1-6H3/b18-17+. The molecule has 0 spiro atoms. The smallest absolute Gasteiger partial charge is 0.331 e. The highest BCUT2D eigenvalue weighted by Crippen LogP contribution is 2.49. The first-order valence-electron chi connectivity index (χ1n) is 11.8. The molecule has 0 amide bonds. The van der Waals surface area contributed by atoms with Crippen LogP contribution in [0.25, 0.3) is 6.08 Å². The van der Waals surface area contributed by atoms with Gasteiger partial charge in [0.25, 0.3) is 0 Å². The van der Waals surface area contributed by atoms with E-state index in [1.54, 1.807) is 6.08 Å². The maximum atomic E-state index is 12.3. The van der Waals surface area contributed by atoms with Crippen LogP contribution in [0.15, 0.2) is 48.5 Å². The van der Waals surface area contributed by atoms with Crippen molar-refractivity contribution in [1.29, 1.82) is 0 Å². The third-order valence-electron chi connectivity index (χ3n) is 6.10. The third kappa shape index (κ3) is 6.07. The summed E-state index contributed by atoms with van der Waals surface area (Å²) in [6, 6.07) is 14.6. The zero-order valence-corrected chi connectivity index (χ0v) is 20.3. The number of benzene rings is 1. The molecule has 1 saturated heterocycles. The summed E-state index contributed by atoms with van der Waals surface area (Å²) in [7, 11) is 0. The monoisotopic (exact) mass is 435 g/mol. The lowest BCUT2D eigenvalue weighted by atomic mass is 9.85. The molecule has 2 heterocycles. The Morgan fingerprint density at radius 1 is 1.06 bits per heavy atom. The second-order valence-electron chi connectivity index (χ2n) is 9.85. The van der Waals surface area contributed by atoms with E-state index in [-0.39, 0.29) is 18.2 Å². The molecule has 2 aromatic rings.